The van der Waals surface area contributed by atoms with Crippen LogP contribution >= 0.6 is 0 Å². The lowest BCUT2D eigenvalue weighted by atomic mass is 9.79. The number of nitrogens with zero attached hydrogens (tertiary/aromatic N) is 3. The fourth-order valence-corrected chi connectivity index (χ4v) is 4.01. The number of hydrogen-bond acceptors (Lipinski definition) is 5. The minimum Gasteiger partial charge on any atom is -0.379 e. The molecule has 1 saturated heterocycles. The molecule has 1 saturated carbocycles. The second-order valence-corrected chi connectivity index (χ2v) is 7.11. The Morgan fingerprint density at radius 1 is 1.20 bits per heavy atom. The maximum atomic E-state index is 12.2. The number of nitrogens with one attached hydrogen (secondary N) is 2. The number of carbonyl (C=O) groups excluding carboxylic acids is 1. The van der Waals surface area contributed by atoms with Crippen LogP contribution in [0.15, 0.2) is 18.5 Å². The molecular weight excluding hydrogens is 318 g/mol. The zero-order valence-corrected chi connectivity index (χ0v) is 15.1. The molecule has 0 aromatic carbocycles. The van der Waals surface area contributed by atoms with Crippen molar-refractivity contribution in [1.82, 2.24) is 25.3 Å². The number of hydrogen-bond donors (Lipinski definition) is 2. The molecule has 0 bridgehead atoms. The van der Waals surface area contributed by atoms with Crippen LogP contribution in [0, 0.1) is 0 Å². The molecule has 0 radical (unpaired) electrons. The molecule has 1 amide bonds. The van der Waals surface area contributed by atoms with Gasteiger partial charge in [0, 0.05) is 44.1 Å². The maximum Gasteiger partial charge on any atom is 0.234 e. The third kappa shape index (κ3) is 5.26. The summed E-state index contributed by atoms with van der Waals surface area (Å²) in [6.45, 7) is 6.22. The predicted octanol–water partition coefficient (Wildman–Crippen LogP) is 0.624. The van der Waals surface area contributed by atoms with E-state index in [0.29, 0.717) is 6.54 Å². The van der Waals surface area contributed by atoms with Crippen molar-refractivity contribution in [3.05, 3.63) is 18.5 Å². The fraction of sp³-hybridized carbons (Fsp3) is 0.778. The van der Waals surface area contributed by atoms with E-state index >= 15 is 0 Å². The number of amides is 1. The van der Waals surface area contributed by atoms with Gasteiger partial charge < -0.3 is 15.4 Å². The van der Waals surface area contributed by atoms with Crippen LogP contribution in [-0.2, 0) is 16.1 Å². The van der Waals surface area contributed by atoms with Crippen LogP contribution in [0.2, 0.25) is 0 Å². The van der Waals surface area contributed by atoms with Gasteiger partial charge in [-0.3, -0.25) is 14.4 Å². The summed E-state index contributed by atoms with van der Waals surface area (Å²) in [4.78, 5) is 14.8. The van der Waals surface area contributed by atoms with Gasteiger partial charge in [-0.15, -0.1) is 0 Å². The Kier molecular flexibility index (Phi) is 6.84. The quantitative estimate of drug-likeness (QED) is 0.674. The van der Waals surface area contributed by atoms with Crippen molar-refractivity contribution in [1.29, 1.82) is 0 Å². The van der Waals surface area contributed by atoms with E-state index in [9.17, 15) is 4.79 Å². The predicted molar refractivity (Wildman–Crippen MR) is 96.3 cm³/mol. The van der Waals surface area contributed by atoms with Crippen LogP contribution < -0.4 is 10.6 Å². The Bertz CT molecular complexity index is 508. The molecule has 2 fully saturated rings. The van der Waals surface area contributed by atoms with Crippen molar-refractivity contribution in [2.24, 2.45) is 0 Å². The first-order chi connectivity index (χ1) is 12.3. The average Bonchev–Trinajstić information content (AvgIpc) is 3.19. The topological polar surface area (TPSA) is 71.4 Å². The molecule has 1 aromatic rings. The normalized spacial score (nSPS) is 21.1. The Balaban J connectivity index is 1.41. The smallest absolute Gasteiger partial charge is 0.234 e. The summed E-state index contributed by atoms with van der Waals surface area (Å²) in [7, 11) is 0. The number of morpholine rings is 1. The second kappa shape index (κ2) is 9.31. The van der Waals surface area contributed by atoms with Crippen molar-refractivity contribution in [3.63, 3.8) is 0 Å². The van der Waals surface area contributed by atoms with Gasteiger partial charge in [-0.1, -0.05) is 19.3 Å². The number of carbonyl (C=O) groups is 1. The zero-order chi connectivity index (χ0) is 17.4. The van der Waals surface area contributed by atoms with E-state index in [4.69, 9.17) is 4.74 Å². The van der Waals surface area contributed by atoms with Gasteiger partial charge in [-0.05, 0) is 18.9 Å². The summed E-state index contributed by atoms with van der Waals surface area (Å²) in [5.74, 6) is 0.0821. The third-order valence-corrected chi connectivity index (χ3v) is 5.44. The van der Waals surface area contributed by atoms with Crippen LogP contribution in [0.25, 0.3) is 0 Å². The summed E-state index contributed by atoms with van der Waals surface area (Å²) in [6, 6.07) is 1.90. The summed E-state index contributed by atoms with van der Waals surface area (Å²) in [6.07, 6.45) is 9.89. The van der Waals surface area contributed by atoms with Gasteiger partial charge in [-0.2, -0.15) is 5.10 Å². The molecule has 0 atom stereocenters. The average molecular weight is 349 g/mol. The Labute approximate surface area is 150 Å². The molecule has 2 heterocycles. The van der Waals surface area contributed by atoms with Crippen molar-refractivity contribution in [2.45, 2.75) is 44.2 Å². The van der Waals surface area contributed by atoms with E-state index in [1.165, 1.54) is 32.1 Å². The summed E-state index contributed by atoms with van der Waals surface area (Å²) < 4.78 is 7.37. The van der Waals surface area contributed by atoms with Crippen LogP contribution in [-0.4, -0.2) is 72.1 Å². The van der Waals surface area contributed by atoms with E-state index in [1.807, 2.05) is 16.9 Å². The van der Waals surface area contributed by atoms with Crippen molar-refractivity contribution < 1.29 is 9.53 Å². The number of rotatable bonds is 8. The highest BCUT2D eigenvalue weighted by Crippen LogP contribution is 2.33. The standard InChI is InChI=1S/C18H31N5O2/c24-17(15-19-8-10-23-9-4-7-21-23)20-16-18(5-2-1-3-6-18)22-11-13-25-14-12-22/h4,7,9,19H,1-3,5-6,8,10-16H2,(H,20,24). The SMILES string of the molecule is O=C(CNCCn1cccn1)NCC1(N2CCOCC2)CCCCC1. The van der Waals surface area contributed by atoms with Crippen LogP contribution in [0.4, 0.5) is 0 Å². The summed E-state index contributed by atoms with van der Waals surface area (Å²) in [5, 5.41) is 10.5. The van der Waals surface area contributed by atoms with Gasteiger partial charge in [0.1, 0.15) is 0 Å². The Hall–Kier alpha value is -1.44. The number of ether oxygens (including phenoxy) is 1. The molecule has 0 spiro atoms. The minimum absolute atomic E-state index is 0.0821. The third-order valence-electron chi connectivity index (χ3n) is 5.44. The molecule has 3 rings (SSSR count). The molecule has 1 aromatic heterocycles. The second-order valence-electron chi connectivity index (χ2n) is 7.11. The molecule has 140 valence electrons. The highest BCUT2D eigenvalue weighted by Gasteiger charge is 2.38. The molecule has 1 aliphatic heterocycles. The van der Waals surface area contributed by atoms with E-state index in [1.54, 1.807) is 6.20 Å². The van der Waals surface area contributed by atoms with Crippen LogP contribution in [0.1, 0.15) is 32.1 Å². The molecular formula is C18H31N5O2. The summed E-state index contributed by atoms with van der Waals surface area (Å²) in [5.41, 5.74) is 0.132. The van der Waals surface area contributed by atoms with Crippen molar-refractivity contribution in [2.75, 3.05) is 45.9 Å². The van der Waals surface area contributed by atoms with Crippen LogP contribution in [0.5, 0.6) is 0 Å². The Morgan fingerprint density at radius 2 is 2.00 bits per heavy atom. The largest absolute Gasteiger partial charge is 0.379 e. The number of aromatic nitrogens is 2. The monoisotopic (exact) mass is 349 g/mol. The first-order valence-electron chi connectivity index (χ1n) is 9.56. The molecule has 2 N–H and O–H groups in total. The van der Waals surface area contributed by atoms with E-state index < -0.39 is 0 Å². The maximum absolute atomic E-state index is 12.2. The van der Waals surface area contributed by atoms with Gasteiger partial charge in [-0.25, -0.2) is 0 Å². The first kappa shape index (κ1) is 18.4. The lowest BCUT2D eigenvalue weighted by molar-refractivity contribution is -0.121. The van der Waals surface area contributed by atoms with Crippen molar-refractivity contribution >= 4 is 5.91 Å². The lowest BCUT2D eigenvalue weighted by Gasteiger charge is -2.48. The van der Waals surface area contributed by atoms with E-state index in [-0.39, 0.29) is 11.4 Å². The molecule has 2 aliphatic rings. The molecule has 7 heteroatoms. The lowest BCUT2D eigenvalue weighted by Crippen LogP contribution is -2.60. The highest BCUT2D eigenvalue weighted by molar-refractivity contribution is 5.78. The first-order valence-corrected chi connectivity index (χ1v) is 9.56. The highest BCUT2D eigenvalue weighted by atomic mass is 16.5. The van der Waals surface area contributed by atoms with Crippen molar-refractivity contribution in [3.8, 4) is 0 Å². The molecule has 1 aliphatic carbocycles. The zero-order valence-electron chi connectivity index (χ0n) is 15.1. The van der Waals surface area contributed by atoms with Gasteiger partial charge in [0.2, 0.25) is 5.91 Å². The van der Waals surface area contributed by atoms with Gasteiger partial charge in [0.25, 0.3) is 0 Å². The van der Waals surface area contributed by atoms with E-state index in [2.05, 4.69) is 20.6 Å². The Morgan fingerprint density at radius 3 is 2.72 bits per heavy atom. The van der Waals surface area contributed by atoms with Gasteiger partial charge in [0.05, 0.1) is 26.3 Å². The summed E-state index contributed by atoms with van der Waals surface area (Å²) >= 11 is 0. The molecule has 0 unspecified atom stereocenters. The minimum atomic E-state index is 0.0821. The van der Waals surface area contributed by atoms with Gasteiger partial charge >= 0.3 is 0 Å². The molecule has 25 heavy (non-hydrogen) atoms. The van der Waals surface area contributed by atoms with Gasteiger partial charge in [0.15, 0.2) is 0 Å². The van der Waals surface area contributed by atoms with E-state index in [0.717, 1.165) is 45.9 Å². The van der Waals surface area contributed by atoms with Crippen LogP contribution in [0.3, 0.4) is 0 Å². The molecule has 7 nitrogen and oxygen atoms in total. The fourth-order valence-electron chi connectivity index (χ4n) is 4.01.